The predicted molar refractivity (Wildman–Crippen MR) is 86.8 cm³/mol. The predicted octanol–water partition coefficient (Wildman–Crippen LogP) is 4.68. The summed E-state index contributed by atoms with van der Waals surface area (Å²) in [6.45, 7) is 5.47. The summed E-state index contributed by atoms with van der Waals surface area (Å²) in [4.78, 5) is 4.43. The fourth-order valence-electron chi connectivity index (χ4n) is 2.71. The van der Waals surface area contributed by atoms with Crippen molar-refractivity contribution in [2.75, 3.05) is 0 Å². The summed E-state index contributed by atoms with van der Waals surface area (Å²) in [5.41, 5.74) is 2.45. The van der Waals surface area contributed by atoms with Crippen molar-refractivity contribution in [3.8, 4) is 0 Å². The zero-order valence-electron chi connectivity index (χ0n) is 12.7. The number of hydrogen-bond donors (Lipinski definition) is 1. The summed E-state index contributed by atoms with van der Waals surface area (Å²) in [6.07, 6.45) is 8.31. The van der Waals surface area contributed by atoms with Crippen LogP contribution in [0.5, 0.6) is 0 Å². The van der Waals surface area contributed by atoms with Crippen LogP contribution in [0.3, 0.4) is 0 Å². The highest BCUT2D eigenvalue weighted by Gasteiger charge is 2.08. The summed E-state index contributed by atoms with van der Waals surface area (Å²) in [5.74, 6) is 0. The molecule has 2 heteroatoms. The normalized spacial score (nSPS) is 12.7. The number of aromatic nitrogens is 1. The molecule has 2 aromatic rings. The number of unbranched alkanes of at least 4 members (excludes halogenated alkanes) is 1. The zero-order chi connectivity index (χ0) is 14.2. The fraction of sp³-hybridized carbons (Fsp3) is 0.500. The molecular weight excluding hydrogens is 244 g/mol. The standard InChI is InChI=1S/C18H26N2/c1-3-5-9-16(8-4-2)20-14-15-12-13-19-18-11-7-6-10-17(15)18/h6-7,10-13,16,20H,3-5,8-9,14H2,1-2H3. The van der Waals surface area contributed by atoms with Gasteiger partial charge in [0.25, 0.3) is 0 Å². The Morgan fingerprint density at radius 3 is 2.70 bits per heavy atom. The van der Waals surface area contributed by atoms with Crippen molar-refractivity contribution in [1.82, 2.24) is 10.3 Å². The molecule has 0 amide bonds. The quantitative estimate of drug-likeness (QED) is 0.753. The van der Waals surface area contributed by atoms with Crippen LogP contribution in [-0.4, -0.2) is 11.0 Å². The van der Waals surface area contributed by atoms with Gasteiger partial charge >= 0.3 is 0 Å². The fourth-order valence-corrected chi connectivity index (χ4v) is 2.71. The molecule has 0 spiro atoms. The van der Waals surface area contributed by atoms with Crippen LogP contribution in [0.1, 0.15) is 51.5 Å². The number of nitrogens with one attached hydrogen (secondary N) is 1. The molecule has 1 aromatic heterocycles. The van der Waals surface area contributed by atoms with Gasteiger partial charge in [0.15, 0.2) is 0 Å². The van der Waals surface area contributed by atoms with Gasteiger partial charge in [0, 0.05) is 24.2 Å². The first-order chi connectivity index (χ1) is 9.85. The van der Waals surface area contributed by atoms with E-state index in [9.17, 15) is 0 Å². The number of pyridine rings is 1. The molecule has 1 heterocycles. The molecule has 2 rings (SSSR count). The van der Waals surface area contributed by atoms with Gasteiger partial charge in [-0.1, -0.05) is 51.3 Å². The molecule has 0 aliphatic heterocycles. The summed E-state index contributed by atoms with van der Waals surface area (Å²) in [5, 5.41) is 5.01. The monoisotopic (exact) mass is 270 g/mol. The van der Waals surface area contributed by atoms with Crippen molar-refractivity contribution < 1.29 is 0 Å². The Bertz CT molecular complexity index is 516. The number of hydrogen-bond acceptors (Lipinski definition) is 2. The van der Waals surface area contributed by atoms with Gasteiger partial charge in [0.2, 0.25) is 0 Å². The lowest BCUT2D eigenvalue weighted by molar-refractivity contribution is 0.434. The number of benzene rings is 1. The SMILES string of the molecule is CCCCC(CCC)NCc1ccnc2ccccc12. The third-order valence-electron chi connectivity index (χ3n) is 3.86. The molecule has 2 nitrogen and oxygen atoms in total. The summed E-state index contributed by atoms with van der Waals surface area (Å²) >= 11 is 0. The summed E-state index contributed by atoms with van der Waals surface area (Å²) in [6, 6.07) is 11.2. The van der Waals surface area contributed by atoms with Crippen LogP contribution in [0.4, 0.5) is 0 Å². The minimum absolute atomic E-state index is 0.645. The number of para-hydroxylation sites is 1. The van der Waals surface area contributed by atoms with E-state index in [1.165, 1.54) is 43.1 Å². The van der Waals surface area contributed by atoms with Gasteiger partial charge in [0.1, 0.15) is 0 Å². The third-order valence-corrected chi connectivity index (χ3v) is 3.86. The maximum atomic E-state index is 4.43. The maximum absolute atomic E-state index is 4.43. The van der Waals surface area contributed by atoms with Crippen molar-refractivity contribution in [3.63, 3.8) is 0 Å². The number of rotatable bonds is 8. The molecule has 1 unspecified atom stereocenters. The molecule has 1 atom stereocenters. The lowest BCUT2D eigenvalue weighted by atomic mass is 10.0. The van der Waals surface area contributed by atoms with Crippen molar-refractivity contribution in [2.24, 2.45) is 0 Å². The second-order valence-electron chi connectivity index (χ2n) is 5.50. The first-order valence-corrected chi connectivity index (χ1v) is 7.91. The molecule has 0 aliphatic carbocycles. The highest BCUT2D eigenvalue weighted by Crippen LogP contribution is 2.17. The van der Waals surface area contributed by atoms with Gasteiger partial charge in [-0.2, -0.15) is 0 Å². The largest absolute Gasteiger partial charge is 0.310 e. The Balaban J connectivity index is 2.03. The molecule has 0 saturated heterocycles. The molecule has 0 radical (unpaired) electrons. The average molecular weight is 270 g/mol. The average Bonchev–Trinajstić information content (AvgIpc) is 2.50. The van der Waals surface area contributed by atoms with Gasteiger partial charge in [-0.05, 0) is 30.5 Å². The molecule has 0 bridgehead atoms. The molecule has 0 saturated carbocycles. The molecule has 0 fully saturated rings. The van der Waals surface area contributed by atoms with Gasteiger partial charge in [-0.25, -0.2) is 0 Å². The minimum Gasteiger partial charge on any atom is -0.310 e. The topological polar surface area (TPSA) is 24.9 Å². The second kappa shape index (κ2) is 8.01. The van der Waals surface area contributed by atoms with Crippen LogP contribution in [-0.2, 0) is 6.54 Å². The number of nitrogens with zero attached hydrogens (tertiary/aromatic N) is 1. The molecular formula is C18H26N2. The lowest BCUT2D eigenvalue weighted by Crippen LogP contribution is -2.28. The Labute approximate surface area is 122 Å². The van der Waals surface area contributed by atoms with Gasteiger partial charge in [-0.3, -0.25) is 4.98 Å². The Hall–Kier alpha value is -1.41. The van der Waals surface area contributed by atoms with Crippen LogP contribution in [0, 0.1) is 0 Å². The summed E-state index contributed by atoms with van der Waals surface area (Å²) < 4.78 is 0. The maximum Gasteiger partial charge on any atom is 0.0705 e. The highest BCUT2D eigenvalue weighted by atomic mass is 14.9. The highest BCUT2D eigenvalue weighted by molar-refractivity contribution is 5.81. The zero-order valence-corrected chi connectivity index (χ0v) is 12.7. The lowest BCUT2D eigenvalue weighted by Gasteiger charge is -2.18. The molecule has 20 heavy (non-hydrogen) atoms. The van der Waals surface area contributed by atoms with Gasteiger partial charge < -0.3 is 5.32 Å². The van der Waals surface area contributed by atoms with Crippen molar-refractivity contribution >= 4 is 10.9 Å². The van der Waals surface area contributed by atoms with Crippen molar-refractivity contribution in [3.05, 3.63) is 42.1 Å². The first-order valence-electron chi connectivity index (χ1n) is 7.91. The number of fused-ring (bicyclic) bond motifs is 1. The van der Waals surface area contributed by atoms with E-state index in [-0.39, 0.29) is 0 Å². The Morgan fingerprint density at radius 2 is 1.90 bits per heavy atom. The van der Waals surface area contributed by atoms with Crippen LogP contribution in [0.25, 0.3) is 10.9 Å². The molecule has 1 N–H and O–H groups in total. The summed E-state index contributed by atoms with van der Waals surface area (Å²) in [7, 11) is 0. The molecule has 0 aliphatic rings. The molecule has 1 aromatic carbocycles. The van der Waals surface area contributed by atoms with E-state index in [1.807, 2.05) is 12.3 Å². The molecule has 108 valence electrons. The van der Waals surface area contributed by atoms with Gasteiger partial charge in [0.05, 0.1) is 5.52 Å². The van der Waals surface area contributed by atoms with E-state index in [0.717, 1.165) is 12.1 Å². The van der Waals surface area contributed by atoms with Crippen molar-refractivity contribution in [2.45, 2.75) is 58.5 Å². The minimum atomic E-state index is 0.645. The first kappa shape index (κ1) is 15.0. The Morgan fingerprint density at radius 1 is 1.05 bits per heavy atom. The van der Waals surface area contributed by atoms with Crippen LogP contribution in [0.2, 0.25) is 0 Å². The van der Waals surface area contributed by atoms with E-state index in [1.54, 1.807) is 0 Å². The van der Waals surface area contributed by atoms with E-state index in [2.05, 4.69) is 48.4 Å². The third kappa shape index (κ3) is 4.04. The van der Waals surface area contributed by atoms with E-state index in [0.29, 0.717) is 6.04 Å². The van der Waals surface area contributed by atoms with E-state index < -0.39 is 0 Å². The van der Waals surface area contributed by atoms with Crippen LogP contribution >= 0.6 is 0 Å². The Kier molecular flexibility index (Phi) is 6.00. The second-order valence-corrected chi connectivity index (χ2v) is 5.50. The van der Waals surface area contributed by atoms with Crippen LogP contribution in [0.15, 0.2) is 36.5 Å². The van der Waals surface area contributed by atoms with E-state index >= 15 is 0 Å². The smallest absolute Gasteiger partial charge is 0.0705 e. The van der Waals surface area contributed by atoms with Crippen LogP contribution < -0.4 is 5.32 Å². The van der Waals surface area contributed by atoms with E-state index in [4.69, 9.17) is 0 Å². The van der Waals surface area contributed by atoms with Crippen molar-refractivity contribution in [1.29, 1.82) is 0 Å². The van der Waals surface area contributed by atoms with Gasteiger partial charge in [-0.15, -0.1) is 0 Å².